The van der Waals surface area contributed by atoms with Crippen LogP contribution in [-0.2, 0) is 4.79 Å². The molecule has 1 aliphatic heterocycles. The molecule has 0 radical (unpaired) electrons. The highest BCUT2D eigenvalue weighted by atomic mass is 16.3. The summed E-state index contributed by atoms with van der Waals surface area (Å²) in [6.45, 7) is 6.03. The van der Waals surface area contributed by atoms with Gasteiger partial charge in [-0.3, -0.25) is 4.79 Å². The van der Waals surface area contributed by atoms with Gasteiger partial charge in [-0.15, -0.1) is 0 Å². The summed E-state index contributed by atoms with van der Waals surface area (Å²) in [5, 5.41) is 15.8. The van der Waals surface area contributed by atoms with Crippen molar-refractivity contribution in [2.45, 2.75) is 52.0 Å². The number of aliphatic hydroxyl groups is 1. The molecule has 100 valence electrons. The monoisotopic (exact) mass is 242 g/mol. The molecule has 1 saturated heterocycles. The number of rotatable bonds is 6. The largest absolute Gasteiger partial charge is 0.396 e. The SMILES string of the molecule is CCC(CC)(CO)CNC1CCCNC(=O)C1. The molecule has 4 heteroatoms. The van der Waals surface area contributed by atoms with E-state index in [4.69, 9.17) is 0 Å². The van der Waals surface area contributed by atoms with Gasteiger partial charge in [-0.05, 0) is 25.7 Å². The van der Waals surface area contributed by atoms with Gasteiger partial charge in [0, 0.05) is 37.6 Å². The Bertz CT molecular complexity index is 231. The van der Waals surface area contributed by atoms with Gasteiger partial charge in [0.15, 0.2) is 0 Å². The molecule has 0 aliphatic carbocycles. The minimum Gasteiger partial charge on any atom is -0.396 e. The lowest BCUT2D eigenvalue weighted by molar-refractivity contribution is -0.121. The minimum absolute atomic E-state index is 0.0250. The summed E-state index contributed by atoms with van der Waals surface area (Å²) < 4.78 is 0. The molecule has 17 heavy (non-hydrogen) atoms. The number of hydrogen-bond acceptors (Lipinski definition) is 3. The van der Waals surface area contributed by atoms with E-state index in [9.17, 15) is 9.90 Å². The first-order valence-corrected chi connectivity index (χ1v) is 6.76. The van der Waals surface area contributed by atoms with E-state index in [1.807, 2.05) is 0 Å². The molecule has 0 aromatic heterocycles. The first kappa shape index (κ1) is 14.5. The number of carbonyl (C=O) groups excluding carboxylic acids is 1. The lowest BCUT2D eigenvalue weighted by atomic mass is 9.83. The van der Waals surface area contributed by atoms with Crippen molar-refractivity contribution >= 4 is 5.91 Å². The second-order valence-corrected chi connectivity index (χ2v) is 5.14. The standard InChI is InChI=1S/C13H26N2O2/c1-3-13(4-2,10-16)9-15-11-6-5-7-14-12(17)8-11/h11,15-16H,3-10H2,1-2H3,(H,14,17). The summed E-state index contributed by atoms with van der Waals surface area (Å²) in [5.74, 6) is 0.141. The fourth-order valence-electron chi connectivity index (χ4n) is 2.29. The summed E-state index contributed by atoms with van der Waals surface area (Å²) in [5.41, 5.74) is -0.0250. The maximum absolute atomic E-state index is 11.4. The second kappa shape index (κ2) is 6.97. The van der Waals surface area contributed by atoms with Crippen molar-refractivity contribution in [3.8, 4) is 0 Å². The minimum atomic E-state index is -0.0250. The molecule has 1 amide bonds. The van der Waals surface area contributed by atoms with Crippen LogP contribution in [0.15, 0.2) is 0 Å². The Morgan fingerprint density at radius 3 is 2.76 bits per heavy atom. The van der Waals surface area contributed by atoms with Crippen molar-refractivity contribution < 1.29 is 9.90 Å². The average molecular weight is 242 g/mol. The molecule has 3 N–H and O–H groups in total. The molecule has 1 aliphatic rings. The number of nitrogens with one attached hydrogen (secondary N) is 2. The normalized spacial score (nSPS) is 22.1. The van der Waals surface area contributed by atoms with Gasteiger partial charge in [0.1, 0.15) is 0 Å². The van der Waals surface area contributed by atoms with Crippen molar-refractivity contribution in [1.29, 1.82) is 0 Å². The van der Waals surface area contributed by atoms with Crippen LogP contribution in [0.5, 0.6) is 0 Å². The first-order chi connectivity index (χ1) is 8.15. The average Bonchev–Trinajstić information content (AvgIpc) is 2.56. The van der Waals surface area contributed by atoms with Crippen molar-refractivity contribution in [1.82, 2.24) is 10.6 Å². The Kier molecular flexibility index (Phi) is 5.92. The van der Waals surface area contributed by atoms with E-state index in [1.165, 1.54) is 0 Å². The van der Waals surface area contributed by atoms with Crippen LogP contribution >= 0.6 is 0 Å². The Balaban J connectivity index is 2.44. The lowest BCUT2D eigenvalue weighted by Gasteiger charge is -2.31. The van der Waals surface area contributed by atoms with Gasteiger partial charge >= 0.3 is 0 Å². The van der Waals surface area contributed by atoms with Crippen LogP contribution in [0.3, 0.4) is 0 Å². The van der Waals surface area contributed by atoms with Gasteiger partial charge in [-0.2, -0.15) is 0 Å². The molecule has 1 atom stereocenters. The topological polar surface area (TPSA) is 61.4 Å². The van der Waals surface area contributed by atoms with E-state index in [2.05, 4.69) is 24.5 Å². The maximum atomic E-state index is 11.4. The summed E-state index contributed by atoms with van der Waals surface area (Å²) in [4.78, 5) is 11.4. The number of carbonyl (C=O) groups is 1. The van der Waals surface area contributed by atoms with Crippen molar-refractivity contribution in [2.75, 3.05) is 19.7 Å². The first-order valence-electron chi connectivity index (χ1n) is 6.76. The summed E-state index contributed by atoms with van der Waals surface area (Å²) >= 11 is 0. The summed E-state index contributed by atoms with van der Waals surface area (Å²) in [6.07, 6.45) is 4.56. The van der Waals surface area contributed by atoms with Crippen molar-refractivity contribution in [3.63, 3.8) is 0 Å². The summed E-state index contributed by atoms with van der Waals surface area (Å²) in [6, 6.07) is 0.265. The van der Waals surface area contributed by atoms with E-state index in [0.717, 1.165) is 38.8 Å². The van der Waals surface area contributed by atoms with E-state index >= 15 is 0 Å². The van der Waals surface area contributed by atoms with Gasteiger partial charge in [0.2, 0.25) is 5.91 Å². The zero-order valence-electron chi connectivity index (χ0n) is 11.1. The molecule has 0 bridgehead atoms. The van der Waals surface area contributed by atoms with E-state index in [1.54, 1.807) is 0 Å². The van der Waals surface area contributed by atoms with Crippen LogP contribution in [0.4, 0.5) is 0 Å². The van der Waals surface area contributed by atoms with Crippen LogP contribution < -0.4 is 10.6 Å². The smallest absolute Gasteiger partial charge is 0.221 e. The van der Waals surface area contributed by atoms with Crippen LogP contribution in [0.25, 0.3) is 0 Å². The molecule has 0 spiro atoms. The highest BCUT2D eigenvalue weighted by Gasteiger charge is 2.27. The molecular formula is C13H26N2O2. The summed E-state index contributed by atoms with van der Waals surface area (Å²) in [7, 11) is 0. The zero-order valence-corrected chi connectivity index (χ0v) is 11.1. The zero-order chi connectivity index (χ0) is 12.7. The maximum Gasteiger partial charge on any atom is 0.221 e. The Hall–Kier alpha value is -0.610. The molecule has 0 saturated carbocycles. The van der Waals surface area contributed by atoms with Gasteiger partial charge in [-0.25, -0.2) is 0 Å². The predicted octanol–water partition coefficient (Wildman–Crippen LogP) is 1.04. The molecule has 4 nitrogen and oxygen atoms in total. The van der Waals surface area contributed by atoms with Crippen molar-refractivity contribution in [3.05, 3.63) is 0 Å². The highest BCUT2D eigenvalue weighted by Crippen LogP contribution is 2.25. The molecule has 1 rings (SSSR count). The van der Waals surface area contributed by atoms with Crippen LogP contribution in [0.2, 0.25) is 0 Å². The number of aliphatic hydroxyl groups excluding tert-OH is 1. The third-order valence-electron chi connectivity index (χ3n) is 4.08. The van der Waals surface area contributed by atoms with Crippen LogP contribution in [-0.4, -0.2) is 36.8 Å². The fourth-order valence-corrected chi connectivity index (χ4v) is 2.29. The second-order valence-electron chi connectivity index (χ2n) is 5.14. The van der Waals surface area contributed by atoms with Crippen LogP contribution in [0, 0.1) is 5.41 Å². The van der Waals surface area contributed by atoms with Gasteiger partial charge in [0.25, 0.3) is 0 Å². The van der Waals surface area contributed by atoms with Gasteiger partial charge in [-0.1, -0.05) is 13.8 Å². The fraction of sp³-hybridized carbons (Fsp3) is 0.923. The number of amides is 1. The number of hydrogen-bond donors (Lipinski definition) is 3. The Morgan fingerprint density at radius 1 is 1.47 bits per heavy atom. The molecular weight excluding hydrogens is 216 g/mol. The third kappa shape index (κ3) is 4.28. The molecule has 1 heterocycles. The molecule has 0 aromatic carbocycles. The Labute approximate surface area is 104 Å². The highest BCUT2D eigenvalue weighted by molar-refractivity contribution is 5.76. The predicted molar refractivity (Wildman–Crippen MR) is 68.8 cm³/mol. The van der Waals surface area contributed by atoms with Gasteiger partial charge < -0.3 is 15.7 Å². The molecule has 1 unspecified atom stereocenters. The van der Waals surface area contributed by atoms with Gasteiger partial charge in [0.05, 0.1) is 0 Å². The van der Waals surface area contributed by atoms with Crippen molar-refractivity contribution in [2.24, 2.45) is 5.41 Å². The lowest BCUT2D eigenvalue weighted by Crippen LogP contribution is -2.42. The third-order valence-corrected chi connectivity index (χ3v) is 4.08. The van der Waals surface area contributed by atoms with E-state index in [-0.39, 0.29) is 24.0 Å². The molecule has 1 fully saturated rings. The van der Waals surface area contributed by atoms with Crippen LogP contribution in [0.1, 0.15) is 46.0 Å². The quantitative estimate of drug-likeness (QED) is 0.652. The van der Waals surface area contributed by atoms with E-state index in [0.29, 0.717) is 6.42 Å². The molecule has 0 aromatic rings. The Morgan fingerprint density at radius 2 is 2.18 bits per heavy atom. The van der Waals surface area contributed by atoms with E-state index < -0.39 is 0 Å².